The number of rotatable bonds is 5. The monoisotopic (exact) mass is 279 g/mol. The van der Waals surface area contributed by atoms with Gasteiger partial charge < -0.3 is 5.11 Å². The highest BCUT2D eigenvalue weighted by molar-refractivity contribution is 7.98. The minimum atomic E-state index is -4.44. The minimum absolute atomic E-state index is 0.296. The fourth-order valence-corrected chi connectivity index (χ4v) is 1.77. The van der Waals surface area contributed by atoms with E-state index in [9.17, 15) is 18.0 Å². The van der Waals surface area contributed by atoms with Crippen LogP contribution in [0.5, 0.6) is 0 Å². The van der Waals surface area contributed by atoms with E-state index >= 15 is 0 Å². The van der Waals surface area contributed by atoms with Gasteiger partial charge in [-0.2, -0.15) is 13.2 Å². The van der Waals surface area contributed by atoms with E-state index in [2.05, 4.69) is 0 Å². The summed E-state index contributed by atoms with van der Waals surface area (Å²) in [5.74, 6) is -1.34. The maximum atomic E-state index is 12.1. The molecule has 1 rings (SSSR count). The second-order valence-corrected chi connectivity index (χ2v) is 4.42. The van der Waals surface area contributed by atoms with E-state index < -0.39 is 24.7 Å². The molecule has 0 aliphatic carbocycles. The number of thioether (sulfide) groups is 1. The first-order chi connectivity index (χ1) is 8.33. The Morgan fingerprint density at radius 2 is 1.94 bits per heavy atom. The van der Waals surface area contributed by atoms with E-state index in [-0.39, 0.29) is 0 Å². The molecule has 0 aliphatic heterocycles. The third kappa shape index (κ3) is 4.58. The largest absolute Gasteiger partial charge is 0.480 e. The normalized spacial score (nSPS) is 13.3. The smallest absolute Gasteiger partial charge is 0.401 e. The molecule has 1 aromatic rings. The predicted octanol–water partition coefficient (Wildman–Crippen LogP) is 2.69. The first kappa shape index (κ1) is 14.8. The molecule has 0 radical (unpaired) electrons. The third-order valence-corrected chi connectivity index (χ3v) is 2.95. The highest BCUT2D eigenvalue weighted by Crippen LogP contribution is 2.21. The average molecular weight is 279 g/mol. The van der Waals surface area contributed by atoms with E-state index in [0.29, 0.717) is 5.56 Å². The molecule has 1 atom stereocenters. The summed E-state index contributed by atoms with van der Waals surface area (Å²) in [7, 11) is 0. The van der Waals surface area contributed by atoms with Crippen molar-refractivity contribution < 1.29 is 23.1 Å². The lowest BCUT2D eigenvalue weighted by Gasteiger charge is -2.16. The van der Waals surface area contributed by atoms with Gasteiger partial charge in [-0.3, -0.25) is 10.1 Å². The fraction of sp³-hybridized carbons (Fsp3) is 0.364. The van der Waals surface area contributed by atoms with E-state index in [1.807, 2.05) is 11.6 Å². The van der Waals surface area contributed by atoms with E-state index in [1.54, 1.807) is 12.1 Å². The predicted molar refractivity (Wildman–Crippen MR) is 62.7 cm³/mol. The van der Waals surface area contributed by atoms with Crippen LogP contribution in [-0.2, 0) is 4.79 Å². The van der Waals surface area contributed by atoms with Gasteiger partial charge in [0.2, 0.25) is 0 Å². The SMILES string of the molecule is CSc1ccc(C(NCC(F)(F)F)C(=O)O)cc1. The summed E-state index contributed by atoms with van der Waals surface area (Å²) in [5.41, 5.74) is 0.296. The number of halogens is 3. The summed E-state index contributed by atoms with van der Waals surface area (Å²) in [6.07, 6.45) is -2.58. The van der Waals surface area contributed by atoms with Gasteiger partial charge in [0.25, 0.3) is 0 Å². The Bertz CT molecular complexity index is 406. The first-order valence-electron chi connectivity index (χ1n) is 5.00. The number of hydrogen-bond acceptors (Lipinski definition) is 3. The van der Waals surface area contributed by atoms with Crippen molar-refractivity contribution in [3.63, 3.8) is 0 Å². The Morgan fingerprint density at radius 3 is 2.33 bits per heavy atom. The summed E-state index contributed by atoms with van der Waals surface area (Å²) in [5, 5.41) is 10.9. The lowest BCUT2D eigenvalue weighted by atomic mass is 10.1. The van der Waals surface area contributed by atoms with Crippen molar-refractivity contribution in [1.29, 1.82) is 0 Å². The minimum Gasteiger partial charge on any atom is -0.480 e. The molecule has 0 amide bonds. The van der Waals surface area contributed by atoms with Crippen LogP contribution in [0, 0.1) is 0 Å². The Hall–Kier alpha value is -1.21. The molecular formula is C11H12F3NO2S. The van der Waals surface area contributed by atoms with E-state index in [0.717, 1.165) is 4.90 Å². The van der Waals surface area contributed by atoms with Gasteiger partial charge in [0, 0.05) is 4.90 Å². The van der Waals surface area contributed by atoms with Crippen molar-refractivity contribution in [2.24, 2.45) is 0 Å². The van der Waals surface area contributed by atoms with Crippen molar-refractivity contribution in [2.45, 2.75) is 17.1 Å². The summed E-state index contributed by atoms with van der Waals surface area (Å²) in [6, 6.07) is 5.00. The number of alkyl halides is 3. The molecule has 0 fully saturated rings. The first-order valence-corrected chi connectivity index (χ1v) is 6.23. The van der Waals surface area contributed by atoms with E-state index in [1.165, 1.54) is 23.9 Å². The van der Waals surface area contributed by atoms with Gasteiger partial charge in [-0.25, -0.2) is 0 Å². The number of nitrogens with one attached hydrogen (secondary N) is 1. The summed E-state index contributed by atoms with van der Waals surface area (Å²) < 4.78 is 36.2. The topological polar surface area (TPSA) is 49.3 Å². The molecular weight excluding hydrogens is 267 g/mol. The Labute approximate surface area is 106 Å². The van der Waals surface area contributed by atoms with Gasteiger partial charge in [0.05, 0.1) is 6.54 Å². The summed E-state index contributed by atoms with van der Waals surface area (Å²) >= 11 is 1.47. The zero-order valence-corrected chi connectivity index (χ0v) is 10.3. The summed E-state index contributed by atoms with van der Waals surface area (Å²) in [6.45, 7) is -1.34. The molecule has 2 N–H and O–H groups in total. The van der Waals surface area contributed by atoms with Gasteiger partial charge in [-0.1, -0.05) is 12.1 Å². The number of benzene rings is 1. The van der Waals surface area contributed by atoms with Crippen LogP contribution in [0.15, 0.2) is 29.2 Å². The number of carbonyl (C=O) groups is 1. The second kappa shape index (κ2) is 6.10. The van der Waals surface area contributed by atoms with Gasteiger partial charge in [0.1, 0.15) is 6.04 Å². The van der Waals surface area contributed by atoms with Crippen LogP contribution in [0.2, 0.25) is 0 Å². The van der Waals surface area contributed by atoms with Gasteiger partial charge in [-0.15, -0.1) is 11.8 Å². The molecule has 1 aromatic carbocycles. The molecule has 0 saturated carbocycles. The van der Waals surface area contributed by atoms with E-state index in [4.69, 9.17) is 5.11 Å². The molecule has 100 valence electrons. The molecule has 0 aliphatic rings. The van der Waals surface area contributed by atoms with Crippen LogP contribution >= 0.6 is 11.8 Å². The highest BCUT2D eigenvalue weighted by Gasteiger charge is 2.30. The van der Waals surface area contributed by atoms with Crippen LogP contribution < -0.4 is 5.32 Å². The van der Waals surface area contributed by atoms with Crippen molar-refractivity contribution in [3.8, 4) is 0 Å². The zero-order chi connectivity index (χ0) is 13.8. The quantitative estimate of drug-likeness (QED) is 0.814. The lowest BCUT2D eigenvalue weighted by Crippen LogP contribution is -2.35. The number of carboxylic acid groups (broad SMARTS) is 1. The fourth-order valence-electron chi connectivity index (χ4n) is 1.36. The molecule has 0 heterocycles. The van der Waals surface area contributed by atoms with Crippen LogP contribution in [0.1, 0.15) is 11.6 Å². The molecule has 7 heteroatoms. The van der Waals surface area contributed by atoms with Gasteiger partial charge >= 0.3 is 12.1 Å². The van der Waals surface area contributed by atoms with Crippen molar-refractivity contribution in [2.75, 3.05) is 12.8 Å². The van der Waals surface area contributed by atoms with Crippen LogP contribution in [-0.4, -0.2) is 30.1 Å². The lowest BCUT2D eigenvalue weighted by molar-refractivity contribution is -0.143. The maximum absolute atomic E-state index is 12.1. The zero-order valence-electron chi connectivity index (χ0n) is 9.49. The molecule has 18 heavy (non-hydrogen) atoms. The Kier molecular flexibility index (Phi) is 5.03. The molecule has 0 saturated heterocycles. The molecule has 1 unspecified atom stereocenters. The average Bonchev–Trinajstić information content (AvgIpc) is 2.28. The van der Waals surface area contributed by atoms with Crippen LogP contribution in [0.4, 0.5) is 13.2 Å². The standard InChI is InChI=1S/C11H12F3NO2S/c1-18-8-4-2-7(3-5-8)9(10(16)17)15-6-11(12,13)14/h2-5,9,15H,6H2,1H3,(H,16,17). The van der Waals surface area contributed by atoms with Crippen LogP contribution in [0.25, 0.3) is 0 Å². The van der Waals surface area contributed by atoms with Gasteiger partial charge in [0.15, 0.2) is 0 Å². The van der Waals surface area contributed by atoms with Gasteiger partial charge in [-0.05, 0) is 24.0 Å². The Morgan fingerprint density at radius 1 is 1.39 bits per heavy atom. The Balaban J connectivity index is 2.80. The number of carboxylic acids is 1. The third-order valence-electron chi connectivity index (χ3n) is 2.20. The second-order valence-electron chi connectivity index (χ2n) is 3.54. The number of hydrogen-bond donors (Lipinski definition) is 2. The van der Waals surface area contributed by atoms with Crippen LogP contribution in [0.3, 0.4) is 0 Å². The summed E-state index contributed by atoms with van der Waals surface area (Å²) in [4.78, 5) is 11.9. The molecule has 0 aromatic heterocycles. The highest BCUT2D eigenvalue weighted by atomic mass is 32.2. The molecule has 0 spiro atoms. The van der Waals surface area contributed by atoms with Crippen molar-refractivity contribution in [3.05, 3.63) is 29.8 Å². The van der Waals surface area contributed by atoms with Crippen molar-refractivity contribution in [1.82, 2.24) is 5.32 Å². The maximum Gasteiger partial charge on any atom is 0.401 e. The molecule has 3 nitrogen and oxygen atoms in total. The number of aliphatic carboxylic acids is 1. The van der Waals surface area contributed by atoms with Crippen molar-refractivity contribution >= 4 is 17.7 Å². The molecule has 0 bridgehead atoms.